The molecule has 0 spiro atoms. The molecule has 50 valence electrons. The molecule has 0 amide bonds. The van der Waals surface area contributed by atoms with Crippen molar-refractivity contribution in [3.63, 3.8) is 0 Å². The van der Waals surface area contributed by atoms with Crippen molar-refractivity contribution in [2.75, 3.05) is 6.61 Å². The Hall–Kier alpha value is -0.540. The zero-order chi connectivity index (χ0) is 6.27. The first kappa shape index (κ1) is 5.26. The van der Waals surface area contributed by atoms with E-state index in [1.54, 1.807) is 0 Å². The third kappa shape index (κ3) is 0.730. The lowest BCUT2D eigenvalue weighted by atomic mass is 10.2. The molecule has 0 aromatic heterocycles. The maximum absolute atomic E-state index is 5.48. The molecule has 2 heterocycles. The number of rotatable bonds is 0. The van der Waals surface area contributed by atoms with Crippen LogP contribution in [-0.4, -0.2) is 18.9 Å². The number of hydrogen-bond donors (Lipinski definition) is 1. The van der Waals surface area contributed by atoms with Gasteiger partial charge in [-0.1, -0.05) is 0 Å². The summed E-state index contributed by atoms with van der Waals surface area (Å²) in [5, 5.41) is 0. The monoisotopic (exact) mass is 127 g/mol. The second-order valence-electron chi connectivity index (χ2n) is 2.32. The molecular formula is C6H9NO2. The first-order chi connectivity index (χ1) is 4.36. The average molecular weight is 127 g/mol. The van der Waals surface area contributed by atoms with E-state index in [-0.39, 0.29) is 12.3 Å². The Labute approximate surface area is 53.4 Å². The van der Waals surface area contributed by atoms with Gasteiger partial charge < -0.3 is 9.47 Å². The van der Waals surface area contributed by atoms with Crippen molar-refractivity contribution in [1.29, 1.82) is 0 Å². The first-order valence-corrected chi connectivity index (χ1v) is 3.10. The van der Waals surface area contributed by atoms with E-state index in [4.69, 9.17) is 15.2 Å². The van der Waals surface area contributed by atoms with Gasteiger partial charge in [-0.2, -0.15) is 0 Å². The molecule has 3 heteroatoms. The number of ether oxygens (including phenoxy) is 2. The first-order valence-electron chi connectivity index (χ1n) is 3.10. The van der Waals surface area contributed by atoms with Crippen molar-refractivity contribution in [2.24, 2.45) is 5.73 Å². The minimum Gasteiger partial charge on any atom is -0.477 e. The fourth-order valence-electron chi connectivity index (χ4n) is 1.20. The van der Waals surface area contributed by atoms with Crippen molar-refractivity contribution in [3.8, 4) is 0 Å². The Bertz CT molecular complexity index is 155. The summed E-state index contributed by atoms with van der Waals surface area (Å²) in [6.07, 6.45) is 2.78. The molecule has 3 nitrogen and oxygen atoms in total. The molecule has 0 aromatic carbocycles. The predicted octanol–water partition coefficient (Wildman–Crippen LogP) is -0.0258. The zero-order valence-electron chi connectivity index (χ0n) is 5.04. The highest BCUT2D eigenvalue weighted by Crippen LogP contribution is 2.27. The molecule has 2 unspecified atom stereocenters. The second-order valence-corrected chi connectivity index (χ2v) is 2.32. The minimum atomic E-state index is -0.137. The molecule has 0 bridgehead atoms. The minimum absolute atomic E-state index is 0.137. The van der Waals surface area contributed by atoms with Gasteiger partial charge in [-0.3, -0.25) is 5.73 Å². The lowest BCUT2D eigenvalue weighted by Gasteiger charge is -2.00. The van der Waals surface area contributed by atoms with Crippen LogP contribution in [-0.2, 0) is 9.47 Å². The quantitative estimate of drug-likeness (QED) is 0.497. The van der Waals surface area contributed by atoms with Gasteiger partial charge in [0.25, 0.3) is 0 Å². The maximum atomic E-state index is 5.48. The summed E-state index contributed by atoms with van der Waals surface area (Å²) in [7, 11) is 0. The highest BCUT2D eigenvalue weighted by molar-refractivity contribution is 5.10. The Morgan fingerprint density at radius 1 is 1.67 bits per heavy atom. The van der Waals surface area contributed by atoms with Crippen LogP contribution >= 0.6 is 0 Å². The molecule has 2 aliphatic heterocycles. The number of nitrogens with two attached hydrogens (primary N) is 1. The lowest BCUT2D eigenvalue weighted by Crippen LogP contribution is -2.18. The standard InChI is InChI=1S/C6H9NO2/c7-6-3-5-4(9-6)1-2-8-5/h1,5-6H,2-3,7H2. The zero-order valence-corrected chi connectivity index (χ0v) is 5.04. The van der Waals surface area contributed by atoms with Gasteiger partial charge in [-0.15, -0.1) is 0 Å². The van der Waals surface area contributed by atoms with Crippen molar-refractivity contribution < 1.29 is 9.47 Å². The molecule has 2 aliphatic rings. The molecule has 2 rings (SSSR count). The molecule has 1 fully saturated rings. The molecule has 0 aromatic rings. The average Bonchev–Trinajstić information content (AvgIpc) is 2.22. The van der Waals surface area contributed by atoms with Crippen LogP contribution in [0, 0.1) is 0 Å². The summed E-state index contributed by atoms with van der Waals surface area (Å²) < 4.78 is 10.4. The topological polar surface area (TPSA) is 44.5 Å². The third-order valence-electron chi connectivity index (χ3n) is 1.63. The Balaban J connectivity index is 2.15. The highest BCUT2D eigenvalue weighted by atomic mass is 16.6. The van der Waals surface area contributed by atoms with Crippen LogP contribution < -0.4 is 5.73 Å². The van der Waals surface area contributed by atoms with Crippen LogP contribution in [0.4, 0.5) is 0 Å². The third-order valence-corrected chi connectivity index (χ3v) is 1.63. The van der Waals surface area contributed by atoms with Gasteiger partial charge in [-0.25, -0.2) is 0 Å². The second kappa shape index (κ2) is 1.72. The molecule has 2 N–H and O–H groups in total. The summed E-state index contributed by atoms with van der Waals surface area (Å²) in [6.45, 7) is 0.687. The van der Waals surface area contributed by atoms with Gasteiger partial charge in [0.15, 0.2) is 0 Å². The summed E-state index contributed by atoms with van der Waals surface area (Å²) >= 11 is 0. The van der Waals surface area contributed by atoms with Gasteiger partial charge >= 0.3 is 0 Å². The van der Waals surface area contributed by atoms with E-state index in [0.717, 1.165) is 12.2 Å². The van der Waals surface area contributed by atoms with Crippen LogP contribution in [0.1, 0.15) is 6.42 Å². The van der Waals surface area contributed by atoms with Crippen LogP contribution in [0.25, 0.3) is 0 Å². The summed E-state index contributed by atoms with van der Waals surface area (Å²) in [5.74, 6) is 0.933. The van der Waals surface area contributed by atoms with E-state index in [1.165, 1.54) is 0 Å². The number of hydrogen-bond acceptors (Lipinski definition) is 3. The smallest absolute Gasteiger partial charge is 0.150 e. The molecular weight excluding hydrogens is 118 g/mol. The van der Waals surface area contributed by atoms with Crippen LogP contribution in [0.5, 0.6) is 0 Å². The predicted molar refractivity (Wildman–Crippen MR) is 31.5 cm³/mol. The number of fused-ring (bicyclic) bond motifs is 1. The van der Waals surface area contributed by atoms with Gasteiger partial charge in [0.1, 0.15) is 18.1 Å². The summed E-state index contributed by atoms with van der Waals surface area (Å²) in [5.41, 5.74) is 5.48. The van der Waals surface area contributed by atoms with Crippen LogP contribution in [0.15, 0.2) is 11.8 Å². The molecule has 2 atom stereocenters. The van der Waals surface area contributed by atoms with Crippen molar-refractivity contribution >= 4 is 0 Å². The van der Waals surface area contributed by atoms with Crippen molar-refractivity contribution in [3.05, 3.63) is 11.8 Å². The molecule has 0 radical (unpaired) electrons. The van der Waals surface area contributed by atoms with Gasteiger partial charge in [0.2, 0.25) is 0 Å². The molecule has 0 aliphatic carbocycles. The SMILES string of the molecule is NC1CC2OCC=C2O1. The van der Waals surface area contributed by atoms with Gasteiger partial charge in [0, 0.05) is 6.42 Å². The van der Waals surface area contributed by atoms with E-state index >= 15 is 0 Å². The molecule has 0 saturated carbocycles. The normalized spacial score (nSPS) is 39.9. The van der Waals surface area contributed by atoms with E-state index in [0.29, 0.717) is 6.61 Å². The Morgan fingerprint density at radius 3 is 3.33 bits per heavy atom. The largest absolute Gasteiger partial charge is 0.477 e. The fourth-order valence-corrected chi connectivity index (χ4v) is 1.20. The van der Waals surface area contributed by atoms with Gasteiger partial charge in [0.05, 0.1) is 6.61 Å². The van der Waals surface area contributed by atoms with Crippen molar-refractivity contribution in [1.82, 2.24) is 0 Å². The Kier molecular flexibility index (Phi) is 1.00. The fraction of sp³-hybridized carbons (Fsp3) is 0.667. The molecule has 1 saturated heterocycles. The maximum Gasteiger partial charge on any atom is 0.150 e. The van der Waals surface area contributed by atoms with Gasteiger partial charge in [-0.05, 0) is 6.08 Å². The van der Waals surface area contributed by atoms with Crippen LogP contribution in [0.3, 0.4) is 0 Å². The van der Waals surface area contributed by atoms with Crippen molar-refractivity contribution in [2.45, 2.75) is 18.8 Å². The highest BCUT2D eigenvalue weighted by Gasteiger charge is 2.32. The van der Waals surface area contributed by atoms with E-state index < -0.39 is 0 Å². The van der Waals surface area contributed by atoms with E-state index in [2.05, 4.69) is 0 Å². The van der Waals surface area contributed by atoms with E-state index in [1.807, 2.05) is 6.08 Å². The summed E-state index contributed by atoms with van der Waals surface area (Å²) in [4.78, 5) is 0. The summed E-state index contributed by atoms with van der Waals surface area (Å²) in [6, 6.07) is 0. The lowest BCUT2D eigenvalue weighted by molar-refractivity contribution is 0.122. The Morgan fingerprint density at radius 2 is 2.56 bits per heavy atom. The van der Waals surface area contributed by atoms with Crippen LogP contribution in [0.2, 0.25) is 0 Å². The van der Waals surface area contributed by atoms with E-state index in [9.17, 15) is 0 Å². The molecule has 9 heavy (non-hydrogen) atoms.